The SMILES string of the molecule is CCOc1ccc([C@H]2CC(=O)Nc3c(-c4ccccc4F)csc32)cc1. The van der Waals surface area contributed by atoms with Gasteiger partial charge in [0.25, 0.3) is 0 Å². The second-order valence-corrected chi connectivity index (χ2v) is 7.09. The second kappa shape index (κ2) is 6.92. The molecule has 1 N–H and O–H groups in total. The molecule has 0 saturated carbocycles. The number of nitrogens with one attached hydrogen (secondary N) is 1. The van der Waals surface area contributed by atoms with Gasteiger partial charge in [-0.05, 0) is 30.7 Å². The molecule has 1 atom stereocenters. The lowest BCUT2D eigenvalue weighted by atomic mass is 9.89. The van der Waals surface area contributed by atoms with Gasteiger partial charge in [0.05, 0.1) is 12.3 Å². The number of halogens is 1. The van der Waals surface area contributed by atoms with E-state index in [1.54, 1.807) is 29.5 Å². The highest BCUT2D eigenvalue weighted by molar-refractivity contribution is 7.11. The second-order valence-electron chi connectivity index (χ2n) is 6.18. The maximum absolute atomic E-state index is 14.2. The van der Waals surface area contributed by atoms with Gasteiger partial charge in [-0.25, -0.2) is 4.39 Å². The quantitative estimate of drug-likeness (QED) is 0.668. The van der Waals surface area contributed by atoms with Crippen molar-refractivity contribution < 1.29 is 13.9 Å². The standard InChI is InChI=1S/C21H18FNO2S/c1-2-25-14-9-7-13(8-10-14)16-11-19(24)23-20-17(12-26-21(16)20)15-5-3-4-6-18(15)22/h3-10,12,16H,2,11H2,1H3,(H,23,24)/t16-/m1/s1. The van der Waals surface area contributed by atoms with Crippen molar-refractivity contribution in [2.75, 3.05) is 11.9 Å². The number of hydrogen-bond donors (Lipinski definition) is 1. The minimum Gasteiger partial charge on any atom is -0.494 e. The molecule has 4 rings (SSSR count). The molecule has 1 aliphatic heterocycles. The first kappa shape index (κ1) is 16.8. The fourth-order valence-electron chi connectivity index (χ4n) is 3.34. The van der Waals surface area contributed by atoms with Crippen molar-refractivity contribution in [1.29, 1.82) is 0 Å². The topological polar surface area (TPSA) is 38.3 Å². The largest absolute Gasteiger partial charge is 0.494 e. The van der Waals surface area contributed by atoms with Gasteiger partial charge in [0, 0.05) is 33.7 Å². The first-order valence-corrected chi connectivity index (χ1v) is 9.44. The van der Waals surface area contributed by atoms with Crippen LogP contribution in [0.15, 0.2) is 53.9 Å². The third-order valence-electron chi connectivity index (χ3n) is 4.55. The summed E-state index contributed by atoms with van der Waals surface area (Å²) in [5, 5.41) is 4.87. The van der Waals surface area contributed by atoms with Crippen molar-refractivity contribution in [3.05, 3.63) is 70.2 Å². The number of fused-ring (bicyclic) bond motifs is 1. The molecule has 2 aromatic carbocycles. The lowest BCUT2D eigenvalue weighted by Gasteiger charge is -2.24. The molecular weight excluding hydrogens is 349 g/mol. The Balaban J connectivity index is 1.75. The number of carbonyl (C=O) groups is 1. The summed E-state index contributed by atoms with van der Waals surface area (Å²) in [4.78, 5) is 13.4. The van der Waals surface area contributed by atoms with Crippen LogP contribution in [0.5, 0.6) is 5.75 Å². The summed E-state index contributed by atoms with van der Waals surface area (Å²) in [6.45, 7) is 2.56. The Morgan fingerprint density at radius 1 is 1.15 bits per heavy atom. The van der Waals surface area contributed by atoms with Crippen LogP contribution in [0.2, 0.25) is 0 Å². The van der Waals surface area contributed by atoms with E-state index >= 15 is 0 Å². The van der Waals surface area contributed by atoms with E-state index in [0.29, 0.717) is 18.6 Å². The summed E-state index contributed by atoms with van der Waals surface area (Å²) in [6, 6.07) is 14.5. The molecule has 0 spiro atoms. The average Bonchev–Trinajstić information content (AvgIpc) is 3.06. The van der Waals surface area contributed by atoms with Crippen molar-refractivity contribution in [2.24, 2.45) is 0 Å². The van der Waals surface area contributed by atoms with Crippen LogP contribution in [-0.2, 0) is 4.79 Å². The van der Waals surface area contributed by atoms with Gasteiger partial charge >= 0.3 is 0 Å². The van der Waals surface area contributed by atoms with Crippen LogP contribution in [0, 0.1) is 5.82 Å². The van der Waals surface area contributed by atoms with Crippen LogP contribution in [0.4, 0.5) is 10.1 Å². The molecular formula is C21H18FNO2S. The molecule has 132 valence electrons. The summed E-state index contributed by atoms with van der Waals surface area (Å²) in [6.07, 6.45) is 0.387. The molecule has 1 amide bonds. The van der Waals surface area contributed by atoms with Crippen molar-refractivity contribution in [3.63, 3.8) is 0 Å². The Morgan fingerprint density at radius 2 is 1.92 bits per heavy atom. The number of benzene rings is 2. The van der Waals surface area contributed by atoms with Gasteiger partial charge in [0.15, 0.2) is 0 Å². The number of rotatable bonds is 4. The van der Waals surface area contributed by atoms with Crippen LogP contribution < -0.4 is 10.1 Å². The van der Waals surface area contributed by atoms with Crippen molar-refractivity contribution in [2.45, 2.75) is 19.3 Å². The minimum atomic E-state index is -0.287. The van der Waals surface area contributed by atoms with E-state index in [0.717, 1.165) is 27.4 Å². The van der Waals surface area contributed by atoms with E-state index in [-0.39, 0.29) is 17.6 Å². The first-order chi connectivity index (χ1) is 12.7. The Morgan fingerprint density at radius 3 is 2.65 bits per heavy atom. The van der Waals surface area contributed by atoms with Gasteiger partial charge in [-0.2, -0.15) is 0 Å². The number of thiophene rings is 1. The van der Waals surface area contributed by atoms with E-state index in [1.807, 2.05) is 36.6 Å². The van der Waals surface area contributed by atoms with Crippen LogP contribution in [0.1, 0.15) is 29.7 Å². The lowest BCUT2D eigenvalue weighted by molar-refractivity contribution is -0.116. The highest BCUT2D eigenvalue weighted by atomic mass is 32.1. The normalized spacial score (nSPS) is 16.1. The molecule has 0 aliphatic carbocycles. The number of ether oxygens (including phenoxy) is 1. The number of anilines is 1. The number of amides is 1. The monoisotopic (exact) mass is 367 g/mol. The summed E-state index contributed by atoms with van der Waals surface area (Å²) in [5.41, 5.74) is 3.05. The molecule has 0 bridgehead atoms. The van der Waals surface area contributed by atoms with Gasteiger partial charge in [-0.1, -0.05) is 30.3 Å². The Hall–Kier alpha value is -2.66. The molecule has 1 aromatic heterocycles. The fraction of sp³-hybridized carbons (Fsp3) is 0.190. The van der Waals surface area contributed by atoms with Crippen molar-refractivity contribution >= 4 is 22.9 Å². The third-order valence-corrected chi connectivity index (χ3v) is 5.64. The third kappa shape index (κ3) is 2.99. The smallest absolute Gasteiger partial charge is 0.225 e. The van der Waals surface area contributed by atoms with Gasteiger partial charge in [0.2, 0.25) is 5.91 Å². The van der Waals surface area contributed by atoms with Gasteiger partial charge in [0.1, 0.15) is 11.6 Å². The van der Waals surface area contributed by atoms with Crippen LogP contribution in [0.3, 0.4) is 0 Å². The molecule has 5 heteroatoms. The van der Waals surface area contributed by atoms with Crippen molar-refractivity contribution in [1.82, 2.24) is 0 Å². The summed E-state index contributed by atoms with van der Waals surface area (Å²) in [7, 11) is 0. The predicted octanol–water partition coefficient (Wildman–Crippen LogP) is 5.43. The van der Waals surface area contributed by atoms with E-state index in [4.69, 9.17) is 4.74 Å². The van der Waals surface area contributed by atoms with Gasteiger partial charge in [-0.3, -0.25) is 4.79 Å². The number of carbonyl (C=O) groups excluding carboxylic acids is 1. The molecule has 1 aliphatic rings. The highest BCUT2D eigenvalue weighted by Crippen LogP contribution is 2.47. The molecule has 3 aromatic rings. The first-order valence-electron chi connectivity index (χ1n) is 8.56. The van der Waals surface area contributed by atoms with E-state index in [9.17, 15) is 9.18 Å². The zero-order valence-electron chi connectivity index (χ0n) is 14.3. The highest BCUT2D eigenvalue weighted by Gasteiger charge is 2.30. The van der Waals surface area contributed by atoms with Crippen LogP contribution >= 0.6 is 11.3 Å². The van der Waals surface area contributed by atoms with Crippen LogP contribution in [0.25, 0.3) is 11.1 Å². The average molecular weight is 367 g/mol. The molecule has 0 saturated heterocycles. The maximum Gasteiger partial charge on any atom is 0.225 e. The molecule has 26 heavy (non-hydrogen) atoms. The van der Waals surface area contributed by atoms with E-state index < -0.39 is 0 Å². The van der Waals surface area contributed by atoms with Gasteiger partial charge in [-0.15, -0.1) is 11.3 Å². The minimum absolute atomic E-state index is 0.0278. The van der Waals surface area contributed by atoms with Gasteiger partial charge < -0.3 is 10.1 Å². The zero-order chi connectivity index (χ0) is 18.1. The van der Waals surface area contributed by atoms with Crippen LogP contribution in [-0.4, -0.2) is 12.5 Å². The molecule has 2 heterocycles. The Bertz CT molecular complexity index is 949. The predicted molar refractivity (Wildman–Crippen MR) is 102 cm³/mol. The Kier molecular flexibility index (Phi) is 4.47. The lowest BCUT2D eigenvalue weighted by Crippen LogP contribution is -2.22. The molecule has 0 radical (unpaired) electrons. The number of hydrogen-bond acceptors (Lipinski definition) is 3. The summed E-state index contributed by atoms with van der Waals surface area (Å²) in [5.74, 6) is 0.452. The fourth-order valence-corrected chi connectivity index (χ4v) is 4.49. The molecule has 3 nitrogen and oxygen atoms in total. The summed E-state index contributed by atoms with van der Waals surface area (Å²) < 4.78 is 19.7. The van der Waals surface area contributed by atoms with Crippen molar-refractivity contribution in [3.8, 4) is 16.9 Å². The maximum atomic E-state index is 14.2. The Labute approximate surface area is 155 Å². The zero-order valence-corrected chi connectivity index (χ0v) is 15.1. The van der Waals surface area contributed by atoms with E-state index in [2.05, 4.69) is 5.32 Å². The summed E-state index contributed by atoms with van der Waals surface area (Å²) >= 11 is 1.56. The molecule has 0 unspecified atom stereocenters. The van der Waals surface area contributed by atoms with E-state index in [1.165, 1.54) is 6.07 Å². The molecule has 0 fully saturated rings.